The zero-order chi connectivity index (χ0) is 19.2. The maximum absolute atomic E-state index is 4.51. The molecule has 146 valence electrons. The van der Waals surface area contributed by atoms with Crippen LogP contribution in [-0.2, 0) is 0 Å². The Balaban J connectivity index is 1.62. The monoisotopic (exact) mass is 368 g/mol. The molecule has 6 heteroatoms. The van der Waals surface area contributed by atoms with Gasteiger partial charge < -0.3 is 20.4 Å². The molecule has 1 aromatic carbocycles. The average Bonchev–Trinajstić information content (AvgIpc) is 2.62. The number of nitrogens with zero attached hydrogens (tertiary/aromatic N) is 4. The van der Waals surface area contributed by atoms with Crippen LogP contribution in [0.4, 0.5) is 23.0 Å². The van der Waals surface area contributed by atoms with Gasteiger partial charge in [0.15, 0.2) is 0 Å². The summed E-state index contributed by atoms with van der Waals surface area (Å²) in [5, 5.41) is 6.80. The highest BCUT2D eigenvalue weighted by Gasteiger charge is 2.14. The molecule has 27 heavy (non-hydrogen) atoms. The van der Waals surface area contributed by atoms with Crippen LogP contribution in [0.5, 0.6) is 0 Å². The SMILES string of the molecule is Cc1nc(NCCC(C)C)cc(Nc2ccc(N3CCN(C)CC3)cc2)n1. The van der Waals surface area contributed by atoms with Crippen LogP contribution in [0.25, 0.3) is 0 Å². The summed E-state index contributed by atoms with van der Waals surface area (Å²) in [5.74, 6) is 3.14. The number of piperazine rings is 1. The number of aromatic nitrogens is 2. The fourth-order valence-electron chi connectivity index (χ4n) is 3.18. The maximum Gasteiger partial charge on any atom is 0.136 e. The van der Waals surface area contributed by atoms with E-state index in [-0.39, 0.29) is 0 Å². The number of nitrogens with one attached hydrogen (secondary N) is 2. The molecule has 0 unspecified atom stereocenters. The Morgan fingerprint density at radius 1 is 1.00 bits per heavy atom. The first-order valence-electron chi connectivity index (χ1n) is 9.90. The molecule has 0 atom stereocenters. The van der Waals surface area contributed by atoms with Crippen molar-refractivity contribution in [2.45, 2.75) is 27.2 Å². The van der Waals surface area contributed by atoms with E-state index in [0.29, 0.717) is 5.92 Å². The Hall–Kier alpha value is -2.34. The molecule has 2 heterocycles. The van der Waals surface area contributed by atoms with Crippen molar-refractivity contribution in [3.63, 3.8) is 0 Å². The van der Waals surface area contributed by atoms with Crippen molar-refractivity contribution in [3.05, 3.63) is 36.2 Å². The van der Waals surface area contributed by atoms with Crippen LogP contribution in [0.1, 0.15) is 26.1 Å². The predicted molar refractivity (Wildman–Crippen MR) is 114 cm³/mol. The molecule has 1 aliphatic rings. The van der Waals surface area contributed by atoms with Crippen LogP contribution in [0.15, 0.2) is 30.3 Å². The van der Waals surface area contributed by atoms with Crippen LogP contribution < -0.4 is 15.5 Å². The van der Waals surface area contributed by atoms with Crippen molar-refractivity contribution in [2.24, 2.45) is 5.92 Å². The maximum atomic E-state index is 4.51. The lowest BCUT2D eigenvalue weighted by atomic mass is 10.1. The van der Waals surface area contributed by atoms with Crippen LogP contribution in [-0.4, -0.2) is 54.6 Å². The minimum Gasteiger partial charge on any atom is -0.370 e. The van der Waals surface area contributed by atoms with Crippen LogP contribution in [0.3, 0.4) is 0 Å². The summed E-state index contributed by atoms with van der Waals surface area (Å²) < 4.78 is 0. The molecule has 1 fully saturated rings. The van der Waals surface area contributed by atoms with Gasteiger partial charge in [-0.15, -0.1) is 0 Å². The Bertz CT molecular complexity index is 720. The lowest BCUT2D eigenvalue weighted by Crippen LogP contribution is -2.44. The zero-order valence-corrected chi connectivity index (χ0v) is 17.0. The zero-order valence-electron chi connectivity index (χ0n) is 17.0. The van der Waals surface area contributed by atoms with E-state index in [4.69, 9.17) is 0 Å². The van der Waals surface area contributed by atoms with Gasteiger partial charge in [0.1, 0.15) is 17.5 Å². The first kappa shape index (κ1) is 19.4. The first-order chi connectivity index (χ1) is 13.0. The summed E-state index contributed by atoms with van der Waals surface area (Å²) >= 11 is 0. The van der Waals surface area contributed by atoms with Gasteiger partial charge in [-0.2, -0.15) is 0 Å². The molecular formula is C21H32N6. The second-order valence-electron chi connectivity index (χ2n) is 7.76. The van der Waals surface area contributed by atoms with E-state index in [1.54, 1.807) is 0 Å². The van der Waals surface area contributed by atoms with E-state index < -0.39 is 0 Å². The largest absolute Gasteiger partial charge is 0.370 e. The van der Waals surface area contributed by atoms with Gasteiger partial charge in [-0.25, -0.2) is 9.97 Å². The smallest absolute Gasteiger partial charge is 0.136 e. The third-order valence-electron chi connectivity index (χ3n) is 4.87. The molecule has 0 saturated carbocycles. The average molecular weight is 369 g/mol. The van der Waals surface area contributed by atoms with Gasteiger partial charge in [0, 0.05) is 50.2 Å². The van der Waals surface area contributed by atoms with Crippen LogP contribution >= 0.6 is 0 Å². The Labute approximate surface area is 163 Å². The fraction of sp³-hybridized carbons (Fsp3) is 0.524. The number of hydrogen-bond donors (Lipinski definition) is 2. The Morgan fingerprint density at radius 2 is 1.67 bits per heavy atom. The van der Waals surface area contributed by atoms with Crippen LogP contribution in [0.2, 0.25) is 0 Å². The lowest BCUT2D eigenvalue weighted by molar-refractivity contribution is 0.313. The summed E-state index contributed by atoms with van der Waals surface area (Å²) in [7, 11) is 2.18. The van der Waals surface area contributed by atoms with Gasteiger partial charge in [-0.05, 0) is 50.6 Å². The number of benzene rings is 1. The number of rotatable bonds is 7. The molecule has 0 radical (unpaired) electrons. The summed E-state index contributed by atoms with van der Waals surface area (Å²) in [6.07, 6.45) is 1.12. The van der Waals surface area contributed by atoms with E-state index >= 15 is 0 Å². The number of likely N-dealkylation sites (N-methyl/N-ethyl adjacent to an activating group) is 1. The quantitative estimate of drug-likeness (QED) is 0.776. The van der Waals surface area contributed by atoms with E-state index in [1.807, 2.05) is 13.0 Å². The highest BCUT2D eigenvalue weighted by atomic mass is 15.2. The number of hydrogen-bond acceptors (Lipinski definition) is 6. The first-order valence-corrected chi connectivity index (χ1v) is 9.90. The molecule has 0 aliphatic carbocycles. The molecule has 2 aromatic rings. The molecule has 0 bridgehead atoms. The van der Waals surface area contributed by atoms with E-state index in [1.165, 1.54) is 5.69 Å². The van der Waals surface area contributed by atoms with E-state index in [9.17, 15) is 0 Å². The number of anilines is 4. The molecular weight excluding hydrogens is 336 g/mol. The predicted octanol–water partition coefficient (Wildman–Crippen LogP) is 3.74. The highest BCUT2D eigenvalue weighted by molar-refractivity contribution is 5.62. The van der Waals surface area contributed by atoms with Crippen molar-refractivity contribution >= 4 is 23.0 Å². The third kappa shape index (κ3) is 5.82. The normalized spacial score (nSPS) is 15.2. The topological polar surface area (TPSA) is 56.3 Å². The standard InChI is InChI=1S/C21H32N6/c1-16(2)9-10-22-20-15-21(24-17(3)23-20)25-18-5-7-19(8-6-18)27-13-11-26(4)12-14-27/h5-8,15-16H,9-14H2,1-4H3,(H2,22,23,24,25). The summed E-state index contributed by atoms with van der Waals surface area (Å²) in [5.41, 5.74) is 2.32. The Morgan fingerprint density at radius 3 is 2.33 bits per heavy atom. The minimum atomic E-state index is 0.678. The molecule has 1 aromatic heterocycles. The third-order valence-corrected chi connectivity index (χ3v) is 4.87. The number of aryl methyl sites for hydroxylation is 1. The van der Waals surface area contributed by atoms with E-state index in [0.717, 1.165) is 62.3 Å². The van der Waals surface area contributed by atoms with Gasteiger partial charge in [0.2, 0.25) is 0 Å². The van der Waals surface area contributed by atoms with Crippen molar-refractivity contribution in [2.75, 3.05) is 55.3 Å². The molecule has 6 nitrogen and oxygen atoms in total. The fourth-order valence-corrected chi connectivity index (χ4v) is 3.18. The van der Waals surface area contributed by atoms with Crippen molar-refractivity contribution in [1.29, 1.82) is 0 Å². The Kier molecular flexibility index (Phi) is 6.50. The van der Waals surface area contributed by atoms with Gasteiger partial charge >= 0.3 is 0 Å². The second-order valence-corrected chi connectivity index (χ2v) is 7.76. The molecule has 2 N–H and O–H groups in total. The molecule has 0 spiro atoms. The van der Waals surface area contributed by atoms with Gasteiger partial charge in [0.25, 0.3) is 0 Å². The van der Waals surface area contributed by atoms with Gasteiger partial charge in [-0.1, -0.05) is 13.8 Å². The molecule has 3 rings (SSSR count). The highest BCUT2D eigenvalue weighted by Crippen LogP contribution is 2.22. The summed E-state index contributed by atoms with van der Waals surface area (Å²) in [6.45, 7) is 11.7. The van der Waals surface area contributed by atoms with Gasteiger partial charge in [0.05, 0.1) is 0 Å². The minimum absolute atomic E-state index is 0.678. The lowest BCUT2D eigenvalue weighted by Gasteiger charge is -2.34. The summed E-state index contributed by atoms with van der Waals surface area (Å²) in [6, 6.07) is 10.6. The van der Waals surface area contributed by atoms with E-state index in [2.05, 4.69) is 75.6 Å². The van der Waals surface area contributed by atoms with Gasteiger partial charge in [-0.3, -0.25) is 0 Å². The molecule has 1 aliphatic heterocycles. The molecule has 0 amide bonds. The van der Waals surface area contributed by atoms with Crippen LogP contribution in [0, 0.1) is 12.8 Å². The van der Waals surface area contributed by atoms with Crippen molar-refractivity contribution < 1.29 is 0 Å². The summed E-state index contributed by atoms with van der Waals surface area (Å²) in [4.78, 5) is 13.8. The second kappa shape index (κ2) is 9.04. The van der Waals surface area contributed by atoms with Crippen molar-refractivity contribution in [3.8, 4) is 0 Å². The molecule has 1 saturated heterocycles. The van der Waals surface area contributed by atoms with Crippen molar-refractivity contribution in [1.82, 2.24) is 14.9 Å².